The molecule has 1 fully saturated rings. The molecule has 0 saturated carbocycles. The first-order valence-corrected chi connectivity index (χ1v) is 5.50. The van der Waals surface area contributed by atoms with Crippen LogP contribution in [0, 0.1) is 0 Å². The van der Waals surface area contributed by atoms with E-state index in [0.717, 1.165) is 25.0 Å². The molecule has 1 saturated heterocycles. The second-order valence-corrected chi connectivity index (χ2v) is 3.99. The summed E-state index contributed by atoms with van der Waals surface area (Å²) in [5, 5.41) is 7.56. The predicted molar refractivity (Wildman–Crippen MR) is 57.2 cm³/mol. The summed E-state index contributed by atoms with van der Waals surface area (Å²) in [6.45, 7) is 0.913. The molecule has 2 atom stereocenters. The van der Waals surface area contributed by atoms with Crippen LogP contribution < -0.4 is 5.73 Å². The van der Waals surface area contributed by atoms with E-state index in [1.54, 1.807) is 12.4 Å². The monoisotopic (exact) mass is 207 g/mol. The van der Waals surface area contributed by atoms with E-state index in [9.17, 15) is 0 Å². The maximum Gasteiger partial charge on any atom is 0.0576 e. The highest BCUT2D eigenvalue weighted by molar-refractivity contribution is 5.10. The molecule has 2 heterocycles. The van der Waals surface area contributed by atoms with Crippen molar-refractivity contribution in [1.29, 1.82) is 0 Å². The summed E-state index contributed by atoms with van der Waals surface area (Å²) in [5.74, 6) is 0. The highest BCUT2D eigenvalue weighted by Gasteiger charge is 2.17. The first-order chi connectivity index (χ1) is 7.36. The van der Waals surface area contributed by atoms with Crippen LogP contribution in [0.3, 0.4) is 0 Å². The van der Waals surface area contributed by atoms with Crippen LogP contribution >= 0.6 is 0 Å². The van der Waals surface area contributed by atoms with Crippen molar-refractivity contribution in [2.45, 2.75) is 37.8 Å². The average Bonchev–Trinajstić information content (AvgIpc) is 2.80. The lowest BCUT2D eigenvalue weighted by molar-refractivity contribution is 0.101. The molecule has 0 bridgehead atoms. The van der Waals surface area contributed by atoms with Crippen molar-refractivity contribution in [2.24, 2.45) is 5.73 Å². The van der Waals surface area contributed by atoms with Crippen molar-refractivity contribution < 1.29 is 4.74 Å². The normalized spacial score (nSPS) is 22.9. The van der Waals surface area contributed by atoms with Crippen LogP contribution in [0.4, 0.5) is 0 Å². The van der Waals surface area contributed by atoms with Crippen LogP contribution in [-0.4, -0.2) is 22.9 Å². The van der Waals surface area contributed by atoms with E-state index in [1.165, 1.54) is 12.8 Å². The van der Waals surface area contributed by atoms with Gasteiger partial charge in [0.1, 0.15) is 0 Å². The number of nitrogens with two attached hydrogens (primary N) is 1. The summed E-state index contributed by atoms with van der Waals surface area (Å²) in [4.78, 5) is 0. The Morgan fingerprint density at radius 3 is 3.13 bits per heavy atom. The van der Waals surface area contributed by atoms with Gasteiger partial charge in [-0.3, -0.25) is 0 Å². The molecule has 0 amide bonds. The van der Waals surface area contributed by atoms with Gasteiger partial charge in [-0.25, -0.2) is 0 Å². The third-order valence-electron chi connectivity index (χ3n) is 2.86. The molecule has 4 heteroatoms. The topological polar surface area (TPSA) is 61.0 Å². The van der Waals surface area contributed by atoms with Gasteiger partial charge < -0.3 is 10.5 Å². The summed E-state index contributed by atoms with van der Waals surface area (Å²) in [6.07, 6.45) is 8.21. The summed E-state index contributed by atoms with van der Waals surface area (Å²) in [7, 11) is 0. The van der Waals surface area contributed by atoms with Gasteiger partial charge in [0, 0.05) is 18.8 Å². The van der Waals surface area contributed by atoms with Crippen molar-refractivity contribution in [3.05, 3.63) is 24.0 Å². The molecule has 1 aromatic heterocycles. The summed E-state index contributed by atoms with van der Waals surface area (Å²) >= 11 is 0. The van der Waals surface area contributed by atoms with Gasteiger partial charge in [-0.2, -0.15) is 10.2 Å². The van der Waals surface area contributed by atoms with E-state index in [1.807, 2.05) is 6.07 Å². The maximum absolute atomic E-state index is 6.05. The molecule has 15 heavy (non-hydrogen) atoms. The van der Waals surface area contributed by atoms with Gasteiger partial charge in [-0.15, -0.1) is 0 Å². The zero-order valence-corrected chi connectivity index (χ0v) is 8.80. The fourth-order valence-corrected chi connectivity index (χ4v) is 1.92. The third kappa shape index (κ3) is 2.97. The van der Waals surface area contributed by atoms with E-state index in [4.69, 9.17) is 10.5 Å². The minimum atomic E-state index is 0.0599. The Bertz CT molecular complexity index is 285. The van der Waals surface area contributed by atoms with Gasteiger partial charge in [0.15, 0.2) is 0 Å². The molecule has 1 aliphatic rings. The number of aromatic nitrogens is 2. The Hall–Kier alpha value is -1.00. The minimum Gasteiger partial charge on any atom is -0.378 e. The van der Waals surface area contributed by atoms with Crippen molar-refractivity contribution >= 4 is 0 Å². The fourth-order valence-electron chi connectivity index (χ4n) is 1.92. The molecular weight excluding hydrogens is 190 g/mol. The van der Waals surface area contributed by atoms with Crippen molar-refractivity contribution in [3.63, 3.8) is 0 Å². The highest BCUT2D eigenvalue weighted by atomic mass is 16.5. The van der Waals surface area contributed by atoms with Gasteiger partial charge in [-0.1, -0.05) is 0 Å². The molecule has 0 aromatic carbocycles. The average molecular weight is 207 g/mol. The lowest BCUT2D eigenvalue weighted by atomic mass is 10.0. The van der Waals surface area contributed by atoms with Crippen molar-refractivity contribution in [3.8, 4) is 0 Å². The number of nitrogens with zero attached hydrogens (tertiary/aromatic N) is 2. The molecule has 0 aliphatic carbocycles. The van der Waals surface area contributed by atoms with Gasteiger partial charge in [-0.05, 0) is 37.3 Å². The predicted octanol–water partition coefficient (Wildman–Crippen LogP) is 1.44. The van der Waals surface area contributed by atoms with Crippen LogP contribution in [0.1, 0.15) is 37.3 Å². The van der Waals surface area contributed by atoms with Gasteiger partial charge >= 0.3 is 0 Å². The fraction of sp³-hybridized carbons (Fsp3) is 0.636. The number of rotatable bonds is 4. The molecule has 2 N–H and O–H groups in total. The zero-order chi connectivity index (χ0) is 10.5. The minimum absolute atomic E-state index is 0.0599. The molecule has 0 spiro atoms. The van der Waals surface area contributed by atoms with E-state index in [0.29, 0.717) is 6.10 Å². The van der Waals surface area contributed by atoms with E-state index in [2.05, 4.69) is 10.2 Å². The lowest BCUT2D eigenvalue weighted by Crippen LogP contribution is -2.14. The second-order valence-electron chi connectivity index (χ2n) is 3.99. The first-order valence-electron chi connectivity index (χ1n) is 5.50. The molecular formula is C11H17N3O. The van der Waals surface area contributed by atoms with Crippen LogP contribution in [0.2, 0.25) is 0 Å². The van der Waals surface area contributed by atoms with Crippen molar-refractivity contribution in [1.82, 2.24) is 10.2 Å². The molecule has 82 valence electrons. The Morgan fingerprint density at radius 1 is 1.53 bits per heavy atom. The highest BCUT2D eigenvalue weighted by Crippen LogP contribution is 2.21. The third-order valence-corrected chi connectivity index (χ3v) is 2.86. The second kappa shape index (κ2) is 5.19. The number of ether oxygens (including phenoxy) is 1. The quantitative estimate of drug-likeness (QED) is 0.811. The Labute approximate surface area is 89.8 Å². The largest absolute Gasteiger partial charge is 0.378 e. The SMILES string of the molecule is NC(CCC1CCCO1)c1ccnnc1. The Kier molecular flexibility index (Phi) is 3.64. The molecule has 1 aromatic rings. The maximum atomic E-state index is 6.05. The van der Waals surface area contributed by atoms with E-state index in [-0.39, 0.29) is 6.04 Å². The zero-order valence-electron chi connectivity index (χ0n) is 8.80. The Balaban J connectivity index is 1.79. The molecule has 2 rings (SSSR count). The first kappa shape index (κ1) is 10.5. The summed E-state index contributed by atoms with van der Waals surface area (Å²) in [5.41, 5.74) is 7.11. The van der Waals surface area contributed by atoms with Gasteiger partial charge in [0.05, 0.1) is 12.3 Å². The van der Waals surface area contributed by atoms with Gasteiger partial charge in [0.2, 0.25) is 0 Å². The standard InChI is InChI=1S/C11H17N3O/c12-11(9-5-6-13-14-8-9)4-3-10-2-1-7-15-10/h5-6,8,10-11H,1-4,7,12H2. The Morgan fingerprint density at radius 2 is 2.47 bits per heavy atom. The van der Waals surface area contributed by atoms with Crippen LogP contribution in [0.15, 0.2) is 18.5 Å². The van der Waals surface area contributed by atoms with Crippen LogP contribution in [-0.2, 0) is 4.74 Å². The molecule has 2 unspecified atom stereocenters. The molecule has 1 aliphatic heterocycles. The molecule has 4 nitrogen and oxygen atoms in total. The smallest absolute Gasteiger partial charge is 0.0576 e. The number of hydrogen-bond donors (Lipinski definition) is 1. The van der Waals surface area contributed by atoms with Crippen LogP contribution in [0.5, 0.6) is 0 Å². The van der Waals surface area contributed by atoms with E-state index >= 15 is 0 Å². The molecule has 0 radical (unpaired) electrons. The van der Waals surface area contributed by atoms with Gasteiger partial charge in [0.25, 0.3) is 0 Å². The summed E-state index contributed by atoms with van der Waals surface area (Å²) < 4.78 is 5.56. The summed E-state index contributed by atoms with van der Waals surface area (Å²) in [6, 6.07) is 1.98. The van der Waals surface area contributed by atoms with Crippen LogP contribution in [0.25, 0.3) is 0 Å². The lowest BCUT2D eigenvalue weighted by Gasteiger charge is -2.14. The van der Waals surface area contributed by atoms with Crippen molar-refractivity contribution in [2.75, 3.05) is 6.61 Å². The van der Waals surface area contributed by atoms with E-state index < -0.39 is 0 Å². The number of hydrogen-bond acceptors (Lipinski definition) is 4.